The third-order valence-electron chi connectivity index (χ3n) is 2.78. The molecule has 0 saturated carbocycles. The second kappa shape index (κ2) is 6.57. The van der Waals surface area contributed by atoms with Gasteiger partial charge in [-0.2, -0.15) is 0 Å². The van der Waals surface area contributed by atoms with Crippen LogP contribution in [0.3, 0.4) is 0 Å². The van der Waals surface area contributed by atoms with E-state index in [-0.39, 0.29) is 0 Å². The molecule has 1 aromatic heterocycles. The molecule has 0 unspecified atom stereocenters. The van der Waals surface area contributed by atoms with Gasteiger partial charge in [-0.05, 0) is 24.1 Å². The van der Waals surface area contributed by atoms with E-state index >= 15 is 0 Å². The van der Waals surface area contributed by atoms with Crippen LogP contribution >= 0.6 is 34.5 Å². The zero-order valence-corrected chi connectivity index (χ0v) is 13.1. The Morgan fingerprint density at radius 3 is 2.75 bits per heavy atom. The fraction of sp³-hybridized carbons (Fsp3) is 0.286. The van der Waals surface area contributed by atoms with E-state index in [4.69, 9.17) is 23.2 Å². The van der Waals surface area contributed by atoms with Crippen LogP contribution in [-0.4, -0.2) is 16.1 Å². The Hall–Kier alpha value is -1.10. The van der Waals surface area contributed by atoms with Crippen LogP contribution in [0.2, 0.25) is 10.0 Å². The molecule has 1 heterocycles. The first kappa shape index (κ1) is 15.3. The van der Waals surface area contributed by atoms with Crippen molar-refractivity contribution in [2.45, 2.75) is 26.2 Å². The molecule has 2 rings (SSSR count). The zero-order chi connectivity index (χ0) is 14.7. The molecule has 1 N–H and O–H groups in total. The fourth-order valence-corrected chi connectivity index (χ4v) is 3.33. The number of carbonyl (C=O) groups is 1. The number of hydrogen-bond acceptors (Lipinski definition) is 3. The molecule has 20 heavy (non-hydrogen) atoms. The molecule has 106 valence electrons. The maximum absolute atomic E-state index is 11.2. The van der Waals surface area contributed by atoms with Crippen molar-refractivity contribution < 1.29 is 9.90 Å². The van der Waals surface area contributed by atoms with E-state index in [1.165, 1.54) is 11.3 Å². The van der Waals surface area contributed by atoms with Gasteiger partial charge >= 0.3 is 5.97 Å². The predicted molar refractivity (Wildman–Crippen MR) is 82.3 cm³/mol. The molecule has 0 saturated heterocycles. The molecule has 0 spiro atoms. The highest BCUT2D eigenvalue weighted by atomic mass is 35.5. The van der Waals surface area contributed by atoms with Gasteiger partial charge in [-0.3, -0.25) is 0 Å². The SMILES string of the molecule is CCCc1nc(Cc2ccc(Cl)cc2Cl)sc1C(=O)O. The molecular weight excluding hydrogens is 317 g/mol. The van der Waals surface area contributed by atoms with Gasteiger partial charge in [-0.15, -0.1) is 11.3 Å². The van der Waals surface area contributed by atoms with Crippen molar-refractivity contribution in [3.63, 3.8) is 0 Å². The van der Waals surface area contributed by atoms with Gasteiger partial charge in [0.2, 0.25) is 0 Å². The number of halogens is 2. The molecule has 1 aromatic carbocycles. The highest BCUT2D eigenvalue weighted by molar-refractivity contribution is 7.13. The minimum atomic E-state index is -0.917. The summed E-state index contributed by atoms with van der Waals surface area (Å²) in [5.41, 5.74) is 1.55. The van der Waals surface area contributed by atoms with Crippen LogP contribution in [0.4, 0.5) is 0 Å². The molecule has 0 aliphatic rings. The van der Waals surface area contributed by atoms with E-state index < -0.39 is 5.97 Å². The number of nitrogens with zero attached hydrogens (tertiary/aromatic N) is 1. The second-order valence-corrected chi connectivity index (χ2v) is 6.28. The van der Waals surface area contributed by atoms with Crippen LogP contribution < -0.4 is 0 Å². The number of thiazole rings is 1. The number of aryl methyl sites for hydroxylation is 1. The maximum Gasteiger partial charge on any atom is 0.347 e. The second-order valence-electron chi connectivity index (χ2n) is 4.35. The molecule has 0 atom stereocenters. The van der Waals surface area contributed by atoms with Gasteiger partial charge in [0.05, 0.1) is 10.7 Å². The normalized spacial score (nSPS) is 10.8. The largest absolute Gasteiger partial charge is 0.477 e. The van der Waals surface area contributed by atoms with Gasteiger partial charge in [-0.25, -0.2) is 9.78 Å². The maximum atomic E-state index is 11.2. The number of carboxylic acids is 1. The molecule has 0 aliphatic heterocycles. The molecular formula is C14H13Cl2NO2S. The highest BCUT2D eigenvalue weighted by Gasteiger charge is 2.17. The summed E-state index contributed by atoms with van der Waals surface area (Å²) >= 11 is 13.2. The van der Waals surface area contributed by atoms with Crippen LogP contribution in [-0.2, 0) is 12.8 Å². The van der Waals surface area contributed by atoms with Crippen molar-refractivity contribution in [1.82, 2.24) is 4.98 Å². The summed E-state index contributed by atoms with van der Waals surface area (Å²) in [5.74, 6) is -0.917. The summed E-state index contributed by atoms with van der Waals surface area (Å²) < 4.78 is 0. The van der Waals surface area contributed by atoms with Crippen LogP contribution in [0.5, 0.6) is 0 Å². The van der Waals surface area contributed by atoms with Crippen molar-refractivity contribution in [1.29, 1.82) is 0 Å². The van der Waals surface area contributed by atoms with E-state index in [1.807, 2.05) is 13.0 Å². The molecule has 0 radical (unpaired) electrons. The number of rotatable bonds is 5. The average molecular weight is 330 g/mol. The van der Waals surface area contributed by atoms with Crippen molar-refractivity contribution >= 4 is 40.5 Å². The molecule has 0 bridgehead atoms. The van der Waals surface area contributed by atoms with E-state index in [0.717, 1.165) is 17.0 Å². The van der Waals surface area contributed by atoms with Crippen molar-refractivity contribution in [3.8, 4) is 0 Å². The minimum Gasteiger partial charge on any atom is -0.477 e. The quantitative estimate of drug-likeness (QED) is 0.865. The number of carboxylic acid groups (broad SMARTS) is 1. The smallest absolute Gasteiger partial charge is 0.347 e. The Morgan fingerprint density at radius 2 is 2.15 bits per heavy atom. The Labute approximate surface area is 131 Å². The minimum absolute atomic E-state index is 0.326. The summed E-state index contributed by atoms with van der Waals surface area (Å²) in [6.45, 7) is 2.00. The summed E-state index contributed by atoms with van der Waals surface area (Å²) in [5, 5.41) is 11.1. The molecule has 0 fully saturated rings. The van der Waals surface area contributed by atoms with E-state index in [1.54, 1.807) is 12.1 Å². The predicted octanol–water partition coefficient (Wildman–Crippen LogP) is 4.69. The van der Waals surface area contributed by atoms with Gasteiger partial charge in [-0.1, -0.05) is 42.6 Å². The van der Waals surface area contributed by atoms with E-state index in [9.17, 15) is 9.90 Å². The molecule has 6 heteroatoms. The van der Waals surface area contributed by atoms with Crippen molar-refractivity contribution in [3.05, 3.63) is 49.4 Å². The Bertz CT molecular complexity index is 640. The Morgan fingerprint density at radius 1 is 1.40 bits per heavy atom. The van der Waals surface area contributed by atoms with Gasteiger partial charge in [0, 0.05) is 16.5 Å². The first-order valence-corrected chi connectivity index (χ1v) is 7.74. The molecule has 3 nitrogen and oxygen atoms in total. The van der Waals surface area contributed by atoms with Gasteiger partial charge in [0.1, 0.15) is 4.88 Å². The van der Waals surface area contributed by atoms with Crippen molar-refractivity contribution in [2.24, 2.45) is 0 Å². The molecule has 0 amide bonds. The zero-order valence-electron chi connectivity index (χ0n) is 10.8. The number of aromatic nitrogens is 1. The van der Waals surface area contributed by atoms with Crippen LogP contribution in [0.1, 0.15) is 39.3 Å². The van der Waals surface area contributed by atoms with Gasteiger partial charge < -0.3 is 5.11 Å². The summed E-state index contributed by atoms with van der Waals surface area (Å²) in [7, 11) is 0. The number of hydrogen-bond donors (Lipinski definition) is 1. The standard InChI is InChI=1S/C14H13Cl2NO2S/c1-2-3-11-13(14(18)19)20-12(17-11)6-8-4-5-9(15)7-10(8)16/h4-5,7H,2-3,6H2,1H3,(H,18,19). The lowest BCUT2D eigenvalue weighted by Gasteiger charge is -2.02. The van der Waals surface area contributed by atoms with Gasteiger partial charge in [0.15, 0.2) is 0 Å². The average Bonchev–Trinajstić information content (AvgIpc) is 2.76. The first-order valence-electron chi connectivity index (χ1n) is 6.17. The first-order chi connectivity index (χ1) is 9.51. The lowest BCUT2D eigenvalue weighted by molar-refractivity contribution is 0.0700. The van der Waals surface area contributed by atoms with Crippen LogP contribution in [0, 0.1) is 0 Å². The monoisotopic (exact) mass is 329 g/mol. The van der Waals surface area contributed by atoms with E-state index in [0.29, 0.717) is 33.5 Å². The third kappa shape index (κ3) is 3.51. The Balaban J connectivity index is 2.29. The third-order valence-corrected chi connectivity index (χ3v) is 4.45. The summed E-state index contributed by atoms with van der Waals surface area (Å²) in [6, 6.07) is 5.28. The lowest BCUT2D eigenvalue weighted by Crippen LogP contribution is -1.98. The van der Waals surface area contributed by atoms with Crippen LogP contribution in [0.25, 0.3) is 0 Å². The fourth-order valence-electron chi connectivity index (χ4n) is 1.88. The number of benzene rings is 1. The highest BCUT2D eigenvalue weighted by Crippen LogP contribution is 2.27. The van der Waals surface area contributed by atoms with Gasteiger partial charge in [0.25, 0.3) is 0 Å². The summed E-state index contributed by atoms with van der Waals surface area (Å²) in [6.07, 6.45) is 2.06. The van der Waals surface area contributed by atoms with Crippen LogP contribution in [0.15, 0.2) is 18.2 Å². The van der Waals surface area contributed by atoms with E-state index in [2.05, 4.69) is 4.98 Å². The van der Waals surface area contributed by atoms with Crippen molar-refractivity contribution in [2.75, 3.05) is 0 Å². The number of aromatic carboxylic acids is 1. The Kier molecular flexibility index (Phi) is 5.02. The lowest BCUT2D eigenvalue weighted by atomic mass is 10.1. The summed E-state index contributed by atoms with van der Waals surface area (Å²) in [4.78, 5) is 16.0. The molecule has 2 aromatic rings. The molecule has 0 aliphatic carbocycles. The topological polar surface area (TPSA) is 50.2 Å².